The molecule has 1 aliphatic rings. The molecule has 0 amide bonds. The van der Waals surface area contributed by atoms with Crippen LogP contribution in [0.2, 0.25) is 0 Å². The molecule has 1 saturated carbocycles. The smallest absolute Gasteiger partial charge is 0.156 e. The Morgan fingerprint density at radius 3 is 2.86 bits per heavy atom. The molecular formula is C16H16N6. The summed E-state index contributed by atoms with van der Waals surface area (Å²) >= 11 is 0. The zero-order chi connectivity index (χ0) is 15.4. The van der Waals surface area contributed by atoms with Gasteiger partial charge in [-0.05, 0) is 19.3 Å². The van der Waals surface area contributed by atoms with Crippen molar-refractivity contribution < 1.29 is 0 Å². The highest BCUT2D eigenvalue weighted by Gasteiger charge is 2.16. The topological polar surface area (TPSA) is 101 Å². The van der Waals surface area contributed by atoms with Crippen molar-refractivity contribution in [2.75, 3.05) is 5.32 Å². The minimum Gasteiger partial charge on any atom is -0.366 e. The molecule has 2 aromatic rings. The quantitative estimate of drug-likeness (QED) is 0.844. The van der Waals surface area contributed by atoms with Crippen LogP contribution in [-0.2, 0) is 6.42 Å². The van der Waals surface area contributed by atoms with E-state index in [1.54, 1.807) is 12.3 Å². The minimum atomic E-state index is 0.113. The Morgan fingerprint density at radius 2 is 2.14 bits per heavy atom. The Labute approximate surface area is 128 Å². The molecule has 0 unspecified atom stereocenters. The molecule has 0 saturated heterocycles. The van der Waals surface area contributed by atoms with Gasteiger partial charge in [0.25, 0.3) is 0 Å². The maximum absolute atomic E-state index is 8.78. The number of nitrogens with zero attached hydrogens (tertiary/aromatic N) is 4. The van der Waals surface area contributed by atoms with Crippen LogP contribution in [0.1, 0.15) is 31.2 Å². The summed E-state index contributed by atoms with van der Waals surface area (Å²) in [5.41, 5.74) is 2.55. The summed E-state index contributed by atoms with van der Waals surface area (Å²) in [6.45, 7) is 0. The number of anilines is 1. The molecule has 6 nitrogen and oxygen atoms in total. The number of H-pyrrole nitrogens is 1. The number of hydrogen-bond acceptors (Lipinski definition) is 5. The second kappa shape index (κ2) is 6.28. The maximum atomic E-state index is 8.78. The highest BCUT2D eigenvalue weighted by Crippen LogP contribution is 2.23. The van der Waals surface area contributed by atoms with Crippen LogP contribution in [-0.4, -0.2) is 21.0 Å². The molecular weight excluding hydrogens is 276 g/mol. The second-order valence-corrected chi connectivity index (χ2v) is 5.44. The van der Waals surface area contributed by atoms with E-state index < -0.39 is 0 Å². The van der Waals surface area contributed by atoms with Crippen molar-refractivity contribution in [2.45, 2.75) is 38.1 Å². The third kappa shape index (κ3) is 2.91. The van der Waals surface area contributed by atoms with Crippen molar-refractivity contribution in [2.24, 2.45) is 0 Å². The molecule has 2 heterocycles. The van der Waals surface area contributed by atoms with Gasteiger partial charge in [-0.2, -0.15) is 10.5 Å². The van der Waals surface area contributed by atoms with Crippen LogP contribution in [0.4, 0.5) is 5.82 Å². The molecule has 3 rings (SSSR count). The fourth-order valence-electron chi connectivity index (χ4n) is 2.78. The molecule has 0 bridgehead atoms. The summed E-state index contributed by atoms with van der Waals surface area (Å²) in [6, 6.07) is 4.21. The lowest BCUT2D eigenvalue weighted by Crippen LogP contribution is -2.15. The van der Waals surface area contributed by atoms with Crippen molar-refractivity contribution in [1.82, 2.24) is 15.0 Å². The van der Waals surface area contributed by atoms with E-state index in [1.165, 1.54) is 25.7 Å². The predicted octanol–water partition coefficient (Wildman–Crippen LogP) is 2.83. The van der Waals surface area contributed by atoms with Crippen LogP contribution in [0.25, 0.3) is 11.2 Å². The summed E-state index contributed by atoms with van der Waals surface area (Å²) < 4.78 is 0. The molecule has 22 heavy (non-hydrogen) atoms. The molecule has 0 atom stereocenters. The number of aromatic nitrogens is 3. The molecule has 0 aliphatic heterocycles. The molecule has 1 aliphatic carbocycles. The summed E-state index contributed by atoms with van der Waals surface area (Å²) in [5.74, 6) is 0.782. The first kappa shape index (κ1) is 14.1. The van der Waals surface area contributed by atoms with Crippen LogP contribution >= 0.6 is 0 Å². The molecule has 0 spiro atoms. The number of rotatable bonds is 4. The first-order chi connectivity index (χ1) is 10.8. The first-order valence-electron chi connectivity index (χ1n) is 7.40. The average molecular weight is 292 g/mol. The highest BCUT2D eigenvalue weighted by molar-refractivity contribution is 5.76. The van der Waals surface area contributed by atoms with Crippen LogP contribution in [0.15, 0.2) is 24.0 Å². The van der Waals surface area contributed by atoms with Crippen LogP contribution in [0.3, 0.4) is 0 Å². The summed E-state index contributed by atoms with van der Waals surface area (Å²) in [4.78, 5) is 12.1. The van der Waals surface area contributed by atoms with Crippen molar-refractivity contribution in [3.63, 3.8) is 0 Å². The van der Waals surface area contributed by atoms with E-state index in [1.807, 2.05) is 18.3 Å². The van der Waals surface area contributed by atoms with Gasteiger partial charge in [-0.25, -0.2) is 9.97 Å². The Morgan fingerprint density at radius 1 is 1.36 bits per heavy atom. The van der Waals surface area contributed by atoms with Crippen LogP contribution < -0.4 is 5.32 Å². The van der Waals surface area contributed by atoms with E-state index in [0.29, 0.717) is 12.5 Å². The number of allylic oxidation sites excluding steroid dienone is 2. The molecule has 2 N–H and O–H groups in total. The standard InChI is InChI=1S/C16H16N6/c17-7-11(8-18)5-6-12-9-19-16-15(12)22-14(10-20-16)21-13-3-1-2-4-13/h5,9-10,13H,1-4,6H2,(H,19,20)(H,21,22). The molecule has 110 valence electrons. The number of aromatic amines is 1. The lowest BCUT2D eigenvalue weighted by molar-refractivity contribution is 0.750. The molecule has 1 fully saturated rings. The highest BCUT2D eigenvalue weighted by atomic mass is 15.1. The molecule has 2 aromatic heterocycles. The minimum absolute atomic E-state index is 0.113. The predicted molar refractivity (Wildman–Crippen MR) is 82.8 cm³/mol. The zero-order valence-electron chi connectivity index (χ0n) is 12.1. The van der Waals surface area contributed by atoms with Crippen molar-refractivity contribution in [3.8, 4) is 12.1 Å². The van der Waals surface area contributed by atoms with Gasteiger partial charge in [-0.3, -0.25) is 0 Å². The first-order valence-corrected chi connectivity index (χ1v) is 7.40. The second-order valence-electron chi connectivity index (χ2n) is 5.44. The largest absolute Gasteiger partial charge is 0.366 e. The Kier molecular flexibility index (Phi) is 4.02. The van der Waals surface area contributed by atoms with Crippen LogP contribution in [0, 0.1) is 22.7 Å². The van der Waals surface area contributed by atoms with Gasteiger partial charge in [0.15, 0.2) is 5.65 Å². The fraction of sp³-hybridized carbons (Fsp3) is 0.375. The van der Waals surface area contributed by atoms with E-state index in [9.17, 15) is 0 Å². The van der Waals surface area contributed by atoms with Crippen LogP contribution in [0.5, 0.6) is 0 Å². The Balaban J connectivity index is 1.84. The van der Waals surface area contributed by atoms with Gasteiger partial charge in [0, 0.05) is 17.8 Å². The number of nitriles is 2. The van der Waals surface area contributed by atoms with Gasteiger partial charge < -0.3 is 10.3 Å². The SMILES string of the molecule is N#CC(C#N)=CCc1c[nH]c2ncc(NC3CCCC3)nc12. The van der Waals surface area contributed by atoms with E-state index in [0.717, 1.165) is 22.5 Å². The molecule has 0 radical (unpaired) electrons. The third-order valence-corrected chi connectivity index (χ3v) is 3.93. The van der Waals surface area contributed by atoms with Crippen molar-refractivity contribution in [3.05, 3.63) is 29.6 Å². The van der Waals surface area contributed by atoms with Gasteiger partial charge in [-0.1, -0.05) is 18.9 Å². The average Bonchev–Trinajstić information content (AvgIpc) is 3.18. The number of nitrogens with one attached hydrogen (secondary N) is 2. The fourth-order valence-corrected chi connectivity index (χ4v) is 2.78. The Bertz CT molecular complexity index is 767. The monoisotopic (exact) mass is 292 g/mol. The van der Waals surface area contributed by atoms with Gasteiger partial charge in [-0.15, -0.1) is 0 Å². The van der Waals surface area contributed by atoms with E-state index >= 15 is 0 Å². The molecule has 6 heteroatoms. The van der Waals surface area contributed by atoms with Crippen molar-refractivity contribution >= 4 is 17.0 Å². The number of hydrogen-bond donors (Lipinski definition) is 2. The van der Waals surface area contributed by atoms with E-state index in [4.69, 9.17) is 10.5 Å². The van der Waals surface area contributed by atoms with Gasteiger partial charge in [0.1, 0.15) is 29.0 Å². The zero-order valence-corrected chi connectivity index (χ0v) is 12.1. The lowest BCUT2D eigenvalue weighted by Gasteiger charge is -2.11. The van der Waals surface area contributed by atoms with E-state index in [2.05, 4.69) is 20.3 Å². The lowest BCUT2D eigenvalue weighted by atomic mass is 10.1. The van der Waals surface area contributed by atoms with Gasteiger partial charge in [0.05, 0.1) is 6.20 Å². The normalized spacial score (nSPS) is 14.5. The third-order valence-electron chi connectivity index (χ3n) is 3.93. The van der Waals surface area contributed by atoms with Crippen molar-refractivity contribution in [1.29, 1.82) is 10.5 Å². The summed E-state index contributed by atoms with van der Waals surface area (Å²) in [6.07, 6.45) is 10.5. The van der Waals surface area contributed by atoms with Gasteiger partial charge >= 0.3 is 0 Å². The van der Waals surface area contributed by atoms with E-state index in [-0.39, 0.29) is 5.57 Å². The maximum Gasteiger partial charge on any atom is 0.156 e. The van der Waals surface area contributed by atoms with Gasteiger partial charge in [0.2, 0.25) is 0 Å². The summed E-state index contributed by atoms with van der Waals surface area (Å²) in [7, 11) is 0. The molecule has 0 aromatic carbocycles. The Hall–Kier alpha value is -2.86. The number of fused-ring (bicyclic) bond motifs is 1. The summed E-state index contributed by atoms with van der Waals surface area (Å²) in [5, 5.41) is 21.0.